The molecule has 0 heterocycles. The van der Waals surface area contributed by atoms with Gasteiger partial charge in [0.2, 0.25) is 6.54 Å². The zero-order chi connectivity index (χ0) is 12.1. The molecule has 0 radical (unpaired) electrons. The summed E-state index contributed by atoms with van der Waals surface area (Å²) in [6.45, 7) is 7.31. The number of carbonyl (C=O) groups is 1. The molecule has 0 fully saturated rings. The van der Waals surface area contributed by atoms with E-state index in [1.54, 1.807) is 0 Å². The Labute approximate surface area is 99.0 Å². The second-order valence-electron chi connectivity index (χ2n) is 4.04. The van der Waals surface area contributed by atoms with E-state index in [0.29, 0.717) is 13.0 Å². The number of hydrogen-bond acceptors (Lipinski definition) is 2. The Kier molecular flexibility index (Phi) is 11.2. The molecule has 0 aliphatic rings. The lowest BCUT2D eigenvalue weighted by molar-refractivity contribution is -0.140. The van der Waals surface area contributed by atoms with Gasteiger partial charge in [-0.2, -0.15) is 0 Å². The second kappa shape index (κ2) is 12.0. The molecule has 0 aromatic heterocycles. The first-order chi connectivity index (χ1) is 7.81. The van der Waals surface area contributed by atoms with Crippen molar-refractivity contribution < 1.29 is 9.53 Å². The quantitative estimate of drug-likeness (QED) is 0.323. The summed E-state index contributed by atoms with van der Waals surface area (Å²) in [4.78, 5) is 14.1. The van der Waals surface area contributed by atoms with Gasteiger partial charge >= 0.3 is 5.97 Å². The summed E-state index contributed by atoms with van der Waals surface area (Å²) in [5.41, 5.74) is 0. The molecule has 0 N–H and O–H groups in total. The first-order valence-electron chi connectivity index (χ1n) is 6.21. The standard InChI is InChI=1S/C13H23NO2/c1-14-12-10-8-6-4-3-5-7-9-11-13(15)16-2/h3-12H2,2H3. The molecule has 0 saturated heterocycles. The van der Waals surface area contributed by atoms with Gasteiger partial charge in [-0.15, -0.1) is 0 Å². The summed E-state index contributed by atoms with van der Waals surface area (Å²) in [6.07, 6.45) is 9.82. The summed E-state index contributed by atoms with van der Waals surface area (Å²) in [5.74, 6) is -0.0980. The minimum Gasteiger partial charge on any atom is -0.469 e. The summed E-state index contributed by atoms with van der Waals surface area (Å²) >= 11 is 0. The molecule has 0 aliphatic heterocycles. The van der Waals surface area contributed by atoms with Crippen LogP contribution in [-0.2, 0) is 9.53 Å². The average Bonchev–Trinajstić information content (AvgIpc) is 2.31. The van der Waals surface area contributed by atoms with Gasteiger partial charge in [0, 0.05) is 12.8 Å². The summed E-state index contributed by atoms with van der Waals surface area (Å²) in [5, 5.41) is 0. The Morgan fingerprint density at radius 3 is 2.00 bits per heavy atom. The molecule has 3 heteroatoms. The minimum absolute atomic E-state index is 0.0980. The molecule has 92 valence electrons. The number of unbranched alkanes of at least 4 members (excludes halogenated alkanes) is 7. The Morgan fingerprint density at radius 2 is 1.50 bits per heavy atom. The highest BCUT2D eigenvalue weighted by atomic mass is 16.5. The summed E-state index contributed by atoms with van der Waals surface area (Å²) < 4.78 is 4.57. The van der Waals surface area contributed by atoms with Crippen LogP contribution in [0.25, 0.3) is 4.85 Å². The van der Waals surface area contributed by atoms with Crippen molar-refractivity contribution in [3.8, 4) is 0 Å². The van der Waals surface area contributed by atoms with Crippen LogP contribution in [0, 0.1) is 6.57 Å². The van der Waals surface area contributed by atoms with Gasteiger partial charge in [-0.3, -0.25) is 4.79 Å². The predicted molar refractivity (Wildman–Crippen MR) is 65.0 cm³/mol. The molecule has 16 heavy (non-hydrogen) atoms. The van der Waals surface area contributed by atoms with Crippen molar-refractivity contribution in [2.75, 3.05) is 13.7 Å². The van der Waals surface area contributed by atoms with Gasteiger partial charge in [0.05, 0.1) is 7.11 Å². The van der Waals surface area contributed by atoms with E-state index in [4.69, 9.17) is 6.57 Å². The molecule has 0 aliphatic carbocycles. The fourth-order valence-corrected chi connectivity index (χ4v) is 1.62. The van der Waals surface area contributed by atoms with E-state index in [1.807, 2.05) is 0 Å². The molecule has 0 rings (SSSR count). The number of esters is 1. The van der Waals surface area contributed by atoms with Crippen LogP contribution in [0.2, 0.25) is 0 Å². The van der Waals surface area contributed by atoms with Crippen LogP contribution < -0.4 is 0 Å². The lowest BCUT2D eigenvalue weighted by Gasteiger charge is -2.00. The molecule has 0 bridgehead atoms. The number of rotatable bonds is 10. The SMILES string of the molecule is [C-]#[N+]CCCCCCCCCCC(=O)OC. The van der Waals surface area contributed by atoms with Crippen LogP contribution in [0.3, 0.4) is 0 Å². The molecular formula is C13H23NO2. The largest absolute Gasteiger partial charge is 0.469 e. The first-order valence-corrected chi connectivity index (χ1v) is 6.21. The number of methoxy groups -OCH3 is 1. The van der Waals surface area contributed by atoms with Crippen LogP contribution in [-0.4, -0.2) is 19.6 Å². The summed E-state index contributed by atoms with van der Waals surface area (Å²) in [6, 6.07) is 0. The monoisotopic (exact) mass is 225 g/mol. The van der Waals surface area contributed by atoms with Gasteiger partial charge in [-0.05, 0) is 12.8 Å². The highest BCUT2D eigenvalue weighted by Crippen LogP contribution is 2.09. The topological polar surface area (TPSA) is 30.7 Å². The third kappa shape index (κ3) is 11.0. The molecular weight excluding hydrogens is 202 g/mol. The predicted octanol–water partition coefficient (Wildman–Crippen LogP) is 3.59. The van der Waals surface area contributed by atoms with Gasteiger partial charge in [0.25, 0.3) is 0 Å². The van der Waals surface area contributed by atoms with Crippen molar-refractivity contribution in [2.24, 2.45) is 0 Å². The first kappa shape index (κ1) is 15.0. The zero-order valence-electron chi connectivity index (χ0n) is 10.3. The van der Waals surface area contributed by atoms with E-state index < -0.39 is 0 Å². The second-order valence-corrected chi connectivity index (χ2v) is 4.04. The molecule has 0 unspecified atom stereocenters. The van der Waals surface area contributed by atoms with Crippen molar-refractivity contribution in [3.05, 3.63) is 11.4 Å². The Morgan fingerprint density at radius 1 is 1.00 bits per heavy atom. The molecule has 0 aromatic rings. The molecule has 0 atom stereocenters. The van der Waals surface area contributed by atoms with Crippen molar-refractivity contribution in [1.29, 1.82) is 0 Å². The molecule has 0 amide bonds. The molecule has 0 spiro atoms. The van der Waals surface area contributed by atoms with Crippen LogP contribution in [0.5, 0.6) is 0 Å². The fraction of sp³-hybridized carbons (Fsp3) is 0.846. The fourth-order valence-electron chi connectivity index (χ4n) is 1.62. The van der Waals surface area contributed by atoms with Crippen molar-refractivity contribution >= 4 is 5.97 Å². The third-order valence-corrected chi connectivity index (χ3v) is 2.63. The Balaban J connectivity index is 2.99. The number of carbonyl (C=O) groups excluding carboxylic acids is 1. The average molecular weight is 225 g/mol. The van der Waals surface area contributed by atoms with E-state index >= 15 is 0 Å². The smallest absolute Gasteiger partial charge is 0.305 e. The zero-order valence-corrected chi connectivity index (χ0v) is 10.3. The van der Waals surface area contributed by atoms with Gasteiger partial charge in [0.15, 0.2) is 0 Å². The van der Waals surface area contributed by atoms with E-state index in [1.165, 1.54) is 39.2 Å². The minimum atomic E-state index is -0.0980. The lowest BCUT2D eigenvalue weighted by Crippen LogP contribution is -1.99. The number of nitrogens with zero attached hydrogens (tertiary/aromatic N) is 1. The lowest BCUT2D eigenvalue weighted by atomic mass is 10.1. The van der Waals surface area contributed by atoms with Crippen LogP contribution >= 0.6 is 0 Å². The van der Waals surface area contributed by atoms with Crippen LogP contribution in [0.15, 0.2) is 0 Å². The maximum atomic E-state index is 10.8. The van der Waals surface area contributed by atoms with E-state index in [-0.39, 0.29) is 5.97 Å². The normalized spacial score (nSPS) is 9.75. The van der Waals surface area contributed by atoms with Gasteiger partial charge in [-0.1, -0.05) is 32.1 Å². The van der Waals surface area contributed by atoms with Crippen LogP contribution in [0.4, 0.5) is 0 Å². The highest BCUT2D eigenvalue weighted by molar-refractivity contribution is 5.68. The number of ether oxygens (including phenoxy) is 1. The third-order valence-electron chi connectivity index (χ3n) is 2.63. The maximum Gasteiger partial charge on any atom is 0.305 e. The highest BCUT2D eigenvalue weighted by Gasteiger charge is 1.99. The van der Waals surface area contributed by atoms with E-state index in [9.17, 15) is 4.79 Å². The number of hydrogen-bond donors (Lipinski definition) is 0. The molecule has 3 nitrogen and oxygen atoms in total. The van der Waals surface area contributed by atoms with Gasteiger partial charge < -0.3 is 9.58 Å². The van der Waals surface area contributed by atoms with Gasteiger partial charge in [0.1, 0.15) is 0 Å². The molecule has 0 saturated carbocycles. The molecule has 0 aromatic carbocycles. The van der Waals surface area contributed by atoms with E-state index in [0.717, 1.165) is 19.3 Å². The maximum absolute atomic E-state index is 10.8. The van der Waals surface area contributed by atoms with E-state index in [2.05, 4.69) is 9.58 Å². The van der Waals surface area contributed by atoms with Crippen LogP contribution in [0.1, 0.15) is 57.8 Å². The van der Waals surface area contributed by atoms with Gasteiger partial charge in [-0.25, -0.2) is 6.57 Å². The van der Waals surface area contributed by atoms with Crippen molar-refractivity contribution in [1.82, 2.24) is 0 Å². The van der Waals surface area contributed by atoms with Crippen molar-refractivity contribution in [3.63, 3.8) is 0 Å². The Hall–Kier alpha value is -1.04. The summed E-state index contributed by atoms with van der Waals surface area (Å²) in [7, 11) is 1.44. The Bertz CT molecular complexity index is 208. The van der Waals surface area contributed by atoms with Crippen molar-refractivity contribution in [2.45, 2.75) is 57.8 Å².